The third-order valence-electron chi connectivity index (χ3n) is 3.05. The molecule has 2 aromatic rings. The fraction of sp³-hybridized carbons (Fsp3) is 0.154. The van der Waals surface area contributed by atoms with Crippen molar-refractivity contribution in [3.63, 3.8) is 0 Å². The van der Waals surface area contributed by atoms with E-state index >= 15 is 0 Å². The van der Waals surface area contributed by atoms with Crippen LogP contribution in [0.25, 0.3) is 16.5 Å². The summed E-state index contributed by atoms with van der Waals surface area (Å²) in [7, 11) is 0. The summed E-state index contributed by atoms with van der Waals surface area (Å²) in [6.45, 7) is 2.79. The van der Waals surface area contributed by atoms with E-state index in [2.05, 4.69) is 31.9 Å². The first-order chi connectivity index (χ1) is 9.63. The predicted molar refractivity (Wildman–Crippen MR) is 76.8 cm³/mol. The Hall–Kier alpha value is -2.83. The minimum atomic E-state index is -0.642. The van der Waals surface area contributed by atoms with E-state index in [0.717, 1.165) is 34.4 Å². The zero-order chi connectivity index (χ0) is 14.1. The van der Waals surface area contributed by atoms with Crippen LogP contribution in [0.5, 0.6) is 0 Å². The standard InChI is InChI=1S/C13H14N6O/c1-7-4-8(2-3-15-7)12-9-6-16-11(17-13(14)20)5-10(9)18-19-12/h2,4-6,15H,3H2,1H3,(H,18,19)(H3,14,16,17,20). The Labute approximate surface area is 115 Å². The Morgan fingerprint density at radius 3 is 3.10 bits per heavy atom. The number of nitrogens with two attached hydrogens (primary N) is 1. The van der Waals surface area contributed by atoms with Gasteiger partial charge in [0, 0.05) is 35.5 Å². The van der Waals surface area contributed by atoms with Crippen molar-refractivity contribution in [2.24, 2.45) is 5.73 Å². The van der Waals surface area contributed by atoms with Crippen LogP contribution in [0.3, 0.4) is 0 Å². The maximum atomic E-state index is 10.8. The molecular weight excluding hydrogens is 256 g/mol. The molecule has 7 heteroatoms. The molecule has 0 saturated heterocycles. The highest BCUT2D eigenvalue weighted by Gasteiger charge is 2.12. The van der Waals surface area contributed by atoms with Crippen molar-refractivity contribution < 1.29 is 4.79 Å². The van der Waals surface area contributed by atoms with Gasteiger partial charge in [0.1, 0.15) is 11.5 Å². The van der Waals surface area contributed by atoms with Crippen LogP contribution in [-0.2, 0) is 0 Å². The minimum absolute atomic E-state index is 0.395. The average Bonchev–Trinajstić information content (AvgIpc) is 2.81. The number of allylic oxidation sites excluding steroid dienone is 3. The summed E-state index contributed by atoms with van der Waals surface area (Å²) in [5.41, 5.74) is 8.85. The number of dihydropyridines is 1. The van der Waals surface area contributed by atoms with Gasteiger partial charge < -0.3 is 11.1 Å². The van der Waals surface area contributed by atoms with Crippen LogP contribution in [-0.4, -0.2) is 27.8 Å². The number of urea groups is 1. The summed E-state index contributed by atoms with van der Waals surface area (Å²) in [5.74, 6) is 0.395. The van der Waals surface area contributed by atoms with E-state index < -0.39 is 6.03 Å². The lowest BCUT2D eigenvalue weighted by atomic mass is 10.1. The molecule has 0 spiro atoms. The maximum Gasteiger partial charge on any atom is 0.317 e. The van der Waals surface area contributed by atoms with E-state index in [0.29, 0.717) is 5.82 Å². The first-order valence-electron chi connectivity index (χ1n) is 6.17. The van der Waals surface area contributed by atoms with E-state index in [4.69, 9.17) is 5.73 Å². The van der Waals surface area contributed by atoms with Crippen LogP contribution in [0.1, 0.15) is 12.6 Å². The summed E-state index contributed by atoms with van der Waals surface area (Å²) in [6.07, 6.45) is 5.78. The van der Waals surface area contributed by atoms with Crippen molar-refractivity contribution in [1.82, 2.24) is 20.5 Å². The van der Waals surface area contributed by atoms with Crippen LogP contribution < -0.4 is 16.4 Å². The lowest BCUT2D eigenvalue weighted by Crippen LogP contribution is -2.19. The average molecular weight is 270 g/mol. The summed E-state index contributed by atoms with van der Waals surface area (Å²) in [6, 6.07) is 1.06. The fourth-order valence-corrected chi connectivity index (χ4v) is 2.16. The molecule has 7 nitrogen and oxygen atoms in total. The topological polar surface area (TPSA) is 109 Å². The van der Waals surface area contributed by atoms with Crippen LogP contribution in [0.15, 0.2) is 30.1 Å². The summed E-state index contributed by atoms with van der Waals surface area (Å²) in [5, 5.41) is 13.8. The van der Waals surface area contributed by atoms with E-state index in [1.54, 1.807) is 12.3 Å². The number of hydrogen-bond donors (Lipinski definition) is 4. The van der Waals surface area contributed by atoms with Gasteiger partial charge in [0.15, 0.2) is 0 Å². The number of aromatic amines is 1. The van der Waals surface area contributed by atoms with E-state index in [-0.39, 0.29) is 0 Å². The fourth-order valence-electron chi connectivity index (χ4n) is 2.16. The van der Waals surface area contributed by atoms with E-state index in [1.807, 2.05) is 13.0 Å². The highest BCUT2D eigenvalue weighted by atomic mass is 16.2. The molecule has 0 atom stereocenters. The van der Waals surface area contributed by atoms with Gasteiger partial charge in [-0.25, -0.2) is 9.78 Å². The molecule has 0 fully saturated rings. The number of fused-ring (bicyclic) bond motifs is 1. The number of pyridine rings is 1. The predicted octanol–water partition coefficient (Wildman–Crippen LogP) is 1.34. The molecule has 0 unspecified atom stereocenters. The van der Waals surface area contributed by atoms with E-state index in [1.165, 1.54) is 0 Å². The molecule has 0 bridgehead atoms. The summed E-state index contributed by atoms with van der Waals surface area (Å²) >= 11 is 0. The molecule has 3 rings (SSSR count). The zero-order valence-electron chi connectivity index (χ0n) is 10.9. The number of amides is 2. The van der Waals surface area contributed by atoms with Gasteiger partial charge in [-0.15, -0.1) is 0 Å². The van der Waals surface area contributed by atoms with E-state index in [9.17, 15) is 4.79 Å². The Bertz CT molecular complexity index is 742. The summed E-state index contributed by atoms with van der Waals surface area (Å²) in [4.78, 5) is 15.0. The second-order valence-electron chi connectivity index (χ2n) is 4.54. The smallest absolute Gasteiger partial charge is 0.317 e. The third-order valence-corrected chi connectivity index (χ3v) is 3.05. The first kappa shape index (κ1) is 12.2. The van der Waals surface area contributed by atoms with Crippen LogP contribution in [0.2, 0.25) is 0 Å². The number of anilines is 1. The van der Waals surface area contributed by atoms with Crippen molar-refractivity contribution in [3.05, 3.63) is 35.8 Å². The van der Waals surface area contributed by atoms with Gasteiger partial charge in [0.25, 0.3) is 0 Å². The summed E-state index contributed by atoms with van der Waals surface area (Å²) < 4.78 is 0. The van der Waals surface area contributed by atoms with Crippen molar-refractivity contribution in [1.29, 1.82) is 0 Å². The first-order valence-corrected chi connectivity index (χ1v) is 6.17. The molecule has 1 aliphatic heterocycles. The lowest BCUT2D eigenvalue weighted by molar-refractivity contribution is 0.259. The molecule has 2 amide bonds. The van der Waals surface area contributed by atoms with Crippen LogP contribution in [0.4, 0.5) is 10.6 Å². The van der Waals surface area contributed by atoms with Crippen LogP contribution >= 0.6 is 0 Å². The highest BCUT2D eigenvalue weighted by Crippen LogP contribution is 2.26. The Morgan fingerprint density at radius 1 is 1.50 bits per heavy atom. The minimum Gasteiger partial charge on any atom is -0.385 e. The number of H-pyrrole nitrogens is 1. The van der Waals surface area contributed by atoms with Crippen molar-refractivity contribution in [3.8, 4) is 0 Å². The SMILES string of the molecule is CC1=CC(c2n[nH]c3cc(NC(N)=O)ncc23)=CCN1. The third kappa shape index (κ3) is 2.20. The Balaban J connectivity index is 2.02. The number of carbonyl (C=O) groups is 1. The largest absolute Gasteiger partial charge is 0.385 e. The molecular formula is C13H14N6O. The number of aromatic nitrogens is 3. The molecule has 0 radical (unpaired) electrons. The van der Waals surface area contributed by atoms with Gasteiger partial charge in [0.2, 0.25) is 0 Å². The molecule has 0 saturated carbocycles. The Morgan fingerprint density at radius 2 is 2.35 bits per heavy atom. The molecule has 5 N–H and O–H groups in total. The number of nitrogens with zero attached hydrogens (tertiary/aromatic N) is 2. The van der Waals surface area contributed by atoms with Gasteiger partial charge in [-0.2, -0.15) is 5.10 Å². The molecule has 1 aliphatic rings. The van der Waals surface area contributed by atoms with Gasteiger partial charge in [-0.05, 0) is 13.0 Å². The number of primary amides is 1. The quantitative estimate of drug-likeness (QED) is 0.660. The molecule has 2 aromatic heterocycles. The highest BCUT2D eigenvalue weighted by molar-refractivity contribution is 5.95. The van der Waals surface area contributed by atoms with Crippen molar-refractivity contribution >= 4 is 28.3 Å². The van der Waals surface area contributed by atoms with Gasteiger partial charge in [-0.3, -0.25) is 10.4 Å². The van der Waals surface area contributed by atoms with Gasteiger partial charge in [-0.1, -0.05) is 6.08 Å². The molecule has 0 aromatic carbocycles. The van der Waals surface area contributed by atoms with Crippen molar-refractivity contribution in [2.45, 2.75) is 6.92 Å². The number of rotatable bonds is 2. The Kier molecular flexibility index (Phi) is 2.86. The number of nitrogens with one attached hydrogen (secondary N) is 3. The monoisotopic (exact) mass is 270 g/mol. The van der Waals surface area contributed by atoms with Gasteiger partial charge in [0.05, 0.1) is 5.52 Å². The number of carbonyl (C=O) groups excluding carboxylic acids is 1. The molecule has 102 valence electrons. The maximum absolute atomic E-state index is 10.8. The second kappa shape index (κ2) is 4.69. The van der Waals surface area contributed by atoms with Crippen LogP contribution in [0, 0.1) is 0 Å². The van der Waals surface area contributed by atoms with Crippen molar-refractivity contribution in [2.75, 3.05) is 11.9 Å². The molecule has 0 aliphatic carbocycles. The second-order valence-corrected chi connectivity index (χ2v) is 4.54. The molecule has 20 heavy (non-hydrogen) atoms. The molecule has 3 heterocycles. The van der Waals surface area contributed by atoms with Gasteiger partial charge >= 0.3 is 6.03 Å². The zero-order valence-corrected chi connectivity index (χ0v) is 10.9. The number of hydrogen-bond acceptors (Lipinski definition) is 4. The lowest BCUT2D eigenvalue weighted by Gasteiger charge is -2.11. The normalized spacial score (nSPS) is 14.4.